The fourth-order valence-corrected chi connectivity index (χ4v) is 15.5. The number of methoxy groups -OCH3 is 6. The second-order valence-electron chi connectivity index (χ2n) is 26.5. The summed E-state index contributed by atoms with van der Waals surface area (Å²) in [5.41, 5.74) is 28.6. The average molecular weight is 1340 g/mol. The molecule has 0 amide bonds. The molecule has 508 valence electrons. The Bertz CT molecular complexity index is 4370. The number of benzene rings is 12. The average Bonchev–Trinajstić information content (AvgIpc) is 1.50. The Hall–Kier alpha value is -11.4. The maximum atomic E-state index is 10.6. The smallest absolute Gasteiger partial charge is 0.121 e. The highest BCUT2D eigenvalue weighted by Gasteiger charge is 2.53. The number of hydrogen-bond acceptors (Lipinski definition) is 12. The number of hydrogen-bond donors (Lipinski definition) is 2. The van der Waals surface area contributed by atoms with Gasteiger partial charge >= 0.3 is 0 Å². The molecule has 0 unspecified atom stereocenters. The molecule has 0 saturated heterocycles. The molecule has 0 bridgehead atoms. The van der Waals surface area contributed by atoms with Gasteiger partial charge in [0.1, 0.15) is 34.5 Å². The summed E-state index contributed by atoms with van der Waals surface area (Å²) in [6.45, 7) is 16.5. The van der Waals surface area contributed by atoms with Crippen molar-refractivity contribution in [2.24, 2.45) is 0 Å². The molecular formula is C89H84N4O8. The van der Waals surface area contributed by atoms with E-state index in [0.29, 0.717) is 0 Å². The lowest BCUT2D eigenvalue weighted by Crippen LogP contribution is -2.27. The predicted molar refractivity (Wildman–Crippen MR) is 411 cm³/mol. The minimum atomic E-state index is -1.07. The number of rotatable bonds is 20. The molecule has 12 nitrogen and oxygen atoms in total. The summed E-state index contributed by atoms with van der Waals surface area (Å²) >= 11 is 0. The van der Waals surface area contributed by atoms with E-state index in [0.717, 1.165) is 203 Å². The Labute approximate surface area is 593 Å². The van der Waals surface area contributed by atoms with E-state index >= 15 is 0 Å². The second-order valence-corrected chi connectivity index (χ2v) is 26.5. The summed E-state index contributed by atoms with van der Waals surface area (Å²) in [6, 6.07) is 79.0. The highest BCUT2D eigenvalue weighted by molar-refractivity contribution is 6.00. The van der Waals surface area contributed by atoms with Crippen molar-refractivity contribution in [2.75, 3.05) is 62.3 Å². The Morgan fingerprint density at radius 1 is 0.228 bits per heavy atom. The lowest BCUT2D eigenvalue weighted by atomic mass is 9.70. The minimum absolute atomic E-state index is 0.0810. The van der Waals surface area contributed by atoms with Gasteiger partial charge in [0, 0.05) is 68.2 Å². The number of aliphatic hydroxyl groups is 2. The van der Waals surface area contributed by atoms with Gasteiger partial charge in [-0.2, -0.15) is 0 Å². The van der Waals surface area contributed by atoms with Crippen molar-refractivity contribution in [1.82, 2.24) is 0 Å². The predicted octanol–water partition coefficient (Wildman–Crippen LogP) is 21.4. The number of anilines is 12. The summed E-state index contributed by atoms with van der Waals surface area (Å²) in [6.07, 6.45) is 0. The molecule has 101 heavy (non-hydrogen) atoms. The first-order valence-electron chi connectivity index (χ1n) is 34.1. The Kier molecular flexibility index (Phi) is 17.9. The Balaban J connectivity index is 1.13. The first-order chi connectivity index (χ1) is 49.0. The quantitative estimate of drug-likeness (QED) is 0.0758. The molecule has 2 aliphatic rings. The van der Waals surface area contributed by atoms with Gasteiger partial charge in [-0.25, -0.2) is 0 Å². The van der Waals surface area contributed by atoms with Crippen LogP contribution in [0.5, 0.6) is 34.5 Å². The number of nitrogens with zero attached hydrogens (tertiary/aromatic N) is 4. The maximum absolute atomic E-state index is 10.6. The van der Waals surface area contributed by atoms with Crippen molar-refractivity contribution in [3.63, 3.8) is 0 Å². The van der Waals surface area contributed by atoms with Crippen molar-refractivity contribution in [2.45, 2.75) is 74.0 Å². The highest BCUT2D eigenvalue weighted by atomic mass is 16.5. The summed E-state index contributed by atoms with van der Waals surface area (Å²) in [5.74, 6) is 4.76. The number of ether oxygens (including phenoxy) is 6. The van der Waals surface area contributed by atoms with Crippen LogP contribution in [0.1, 0.15) is 77.9 Å². The SMILES string of the molecule is COc1ccc(N(c2ccc(CO)c(C)c2)c2ccc3c(c2)C2(c4cc(N(c5ccc(CO)c(C)c5)c5ccc(OC)c(C)c5)ccc4-c4ccc(N(c5ccc(OC)c(C)c5)c5ccc(OC)c(C)c5)cc42)c2cc(N(c4ccc(OC)c(C)c4)c4ccc(OC)c(C)c4)ccc2-3)cc1C. The summed E-state index contributed by atoms with van der Waals surface area (Å²) in [4.78, 5) is 9.36. The van der Waals surface area contributed by atoms with Crippen molar-refractivity contribution >= 4 is 68.2 Å². The van der Waals surface area contributed by atoms with Crippen LogP contribution in [0, 0.1) is 55.4 Å². The third-order valence-corrected chi connectivity index (χ3v) is 20.6. The van der Waals surface area contributed by atoms with Crippen LogP contribution in [0.2, 0.25) is 0 Å². The van der Waals surface area contributed by atoms with Crippen molar-refractivity contribution < 1.29 is 38.6 Å². The van der Waals surface area contributed by atoms with Crippen LogP contribution in [0.15, 0.2) is 218 Å². The van der Waals surface area contributed by atoms with Gasteiger partial charge in [0.15, 0.2) is 0 Å². The van der Waals surface area contributed by atoms with Crippen LogP contribution in [-0.4, -0.2) is 52.9 Å². The van der Waals surface area contributed by atoms with Crippen LogP contribution in [0.25, 0.3) is 22.3 Å². The zero-order valence-electron chi connectivity index (χ0n) is 59.8. The van der Waals surface area contributed by atoms with Crippen molar-refractivity contribution in [3.05, 3.63) is 296 Å². The molecule has 0 aliphatic heterocycles. The molecule has 0 aromatic heterocycles. The fraction of sp³-hybridized carbons (Fsp3) is 0.191. The van der Waals surface area contributed by atoms with E-state index in [-0.39, 0.29) is 13.2 Å². The largest absolute Gasteiger partial charge is 0.496 e. The van der Waals surface area contributed by atoms with Crippen LogP contribution in [0.3, 0.4) is 0 Å². The first kappa shape index (κ1) is 66.8. The van der Waals surface area contributed by atoms with Gasteiger partial charge < -0.3 is 58.2 Å². The van der Waals surface area contributed by atoms with E-state index in [1.807, 2.05) is 24.3 Å². The minimum Gasteiger partial charge on any atom is -0.496 e. The van der Waals surface area contributed by atoms with Gasteiger partial charge in [-0.05, 0) is 338 Å². The van der Waals surface area contributed by atoms with Gasteiger partial charge in [0.2, 0.25) is 0 Å². The van der Waals surface area contributed by atoms with Gasteiger partial charge in [-0.3, -0.25) is 0 Å². The van der Waals surface area contributed by atoms with E-state index in [9.17, 15) is 10.2 Å². The fourth-order valence-electron chi connectivity index (χ4n) is 15.5. The molecule has 0 radical (unpaired) electrons. The lowest BCUT2D eigenvalue weighted by molar-refractivity contribution is 0.281. The molecular weight excluding hydrogens is 1250 g/mol. The van der Waals surface area contributed by atoms with E-state index in [1.165, 1.54) is 0 Å². The third kappa shape index (κ3) is 11.5. The van der Waals surface area contributed by atoms with E-state index in [2.05, 4.69) is 269 Å². The number of aliphatic hydroxyl groups excluding tert-OH is 2. The first-order valence-corrected chi connectivity index (χ1v) is 34.1. The van der Waals surface area contributed by atoms with Gasteiger partial charge in [0.05, 0.1) is 61.3 Å². The highest BCUT2D eigenvalue weighted by Crippen LogP contribution is 2.66. The Morgan fingerprint density at radius 2 is 0.396 bits per heavy atom. The molecule has 12 aromatic carbocycles. The normalized spacial score (nSPS) is 12.1. The topological polar surface area (TPSA) is 109 Å². The molecule has 14 rings (SSSR count). The molecule has 2 aliphatic carbocycles. The van der Waals surface area contributed by atoms with Crippen LogP contribution in [-0.2, 0) is 18.6 Å². The zero-order valence-corrected chi connectivity index (χ0v) is 59.8. The van der Waals surface area contributed by atoms with Gasteiger partial charge in [0.25, 0.3) is 0 Å². The van der Waals surface area contributed by atoms with Gasteiger partial charge in [-0.15, -0.1) is 0 Å². The standard InChI is InChI=1S/C89H84N4O8/c1-53-39-63(17-15-61(53)51-94)90(65-23-33-83(96-9)55(3)41-65)71-19-29-75-77-31-21-73(92(67-25-35-85(98-11)57(5)43-67)68-26-36-86(99-12)58(6)44-68)49-81(77)89(79(75)47-71)80-48-72(91(64-18-16-62(52-95)54(2)40-64)66-24-34-84(97-10)56(4)42-66)20-30-76(80)78-32-22-74(50-82(78)89)93(69-27-37-87(100-13)59(7)45-69)70-28-38-88(101-14)60(8)46-70/h15-50,94-95H,51-52H2,1-14H3. The molecule has 1 spiro atoms. The van der Waals surface area contributed by atoms with Crippen molar-refractivity contribution in [3.8, 4) is 56.8 Å². The number of fused-ring (bicyclic) bond motifs is 10. The van der Waals surface area contributed by atoms with Crippen LogP contribution in [0.4, 0.5) is 68.2 Å². The maximum Gasteiger partial charge on any atom is 0.121 e. The molecule has 12 aromatic rings. The number of aryl methyl sites for hydroxylation is 8. The lowest BCUT2D eigenvalue weighted by Gasteiger charge is -2.35. The van der Waals surface area contributed by atoms with Crippen LogP contribution < -0.4 is 48.0 Å². The van der Waals surface area contributed by atoms with E-state index in [1.54, 1.807) is 42.7 Å². The molecule has 0 fully saturated rings. The summed E-state index contributed by atoms with van der Waals surface area (Å²) < 4.78 is 35.5. The third-order valence-electron chi connectivity index (χ3n) is 20.6. The van der Waals surface area contributed by atoms with Gasteiger partial charge in [-0.1, -0.05) is 36.4 Å². The van der Waals surface area contributed by atoms with E-state index in [4.69, 9.17) is 28.4 Å². The van der Waals surface area contributed by atoms with Crippen molar-refractivity contribution in [1.29, 1.82) is 0 Å². The zero-order chi connectivity index (χ0) is 70.7. The monoisotopic (exact) mass is 1340 g/mol. The molecule has 0 atom stereocenters. The van der Waals surface area contributed by atoms with E-state index < -0.39 is 5.41 Å². The Morgan fingerprint density at radius 3 is 0.564 bits per heavy atom. The molecule has 0 saturated carbocycles. The summed E-state index contributed by atoms with van der Waals surface area (Å²) in [7, 11) is 10.3. The molecule has 12 heteroatoms. The van der Waals surface area contributed by atoms with Crippen LogP contribution >= 0.6 is 0 Å². The molecule has 2 N–H and O–H groups in total. The summed E-state index contributed by atoms with van der Waals surface area (Å²) in [5, 5.41) is 21.2. The molecule has 0 heterocycles. The second kappa shape index (κ2) is 27.0.